The molecular weight excluding hydrogens is 234 g/mol. The molecule has 0 aliphatic rings. The zero-order valence-electron chi connectivity index (χ0n) is 11.3. The highest BCUT2D eigenvalue weighted by Gasteiger charge is 2.13. The van der Waals surface area contributed by atoms with Crippen molar-refractivity contribution in [2.24, 2.45) is 0 Å². The Morgan fingerprint density at radius 1 is 1.22 bits per heavy atom. The summed E-state index contributed by atoms with van der Waals surface area (Å²) in [5.74, 6) is 0. The van der Waals surface area contributed by atoms with Gasteiger partial charge in [0.15, 0.2) is 0 Å². The summed E-state index contributed by atoms with van der Waals surface area (Å²) in [4.78, 5) is 2.29. The van der Waals surface area contributed by atoms with Crippen LogP contribution in [-0.2, 0) is 6.54 Å². The van der Waals surface area contributed by atoms with Gasteiger partial charge in [0.25, 0.3) is 6.43 Å². The number of hydrogen-bond donors (Lipinski definition) is 1. The van der Waals surface area contributed by atoms with E-state index in [9.17, 15) is 8.78 Å². The summed E-state index contributed by atoms with van der Waals surface area (Å²) in [5, 5.41) is 2.82. The number of anilines is 1. The van der Waals surface area contributed by atoms with Gasteiger partial charge >= 0.3 is 0 Å². The van der Waals surface area contributed by atoms with Gasteiger partial charge in [-0.2, -0.15) is 0 Å². The lowest BCUT2D eigenvalue weighted by Crippen LogP contribution is -2.24. The zero-order valence-corrected chi connectivity index (χ0v) is 11.3. The summed E-state index contributed by atoms with van der Waals surface area (Å²) in [6.45, 7) is 8.55. The summed E-state index contributed by atoms with van der Waals surface area (Å²) >= 11 is 0. The molecule has 1 unspecified atom stereocenters. The molecule has 4 heteroatoms. The highest BCUT2D eigenvalue weighted by atomic mass is 19.3. The average molecular weight is 256 g/mol. The van der Waals surface area contributed by atoms with Crippen LogP contribution in [-0.4, -0.2) is 30.5 Å². The summed E-state index contributed by atoms with van der Waals surface area (Å²) in [5.41, 5.74) is 1.90. The number of rotatable bonds is 7. The second-order valence-electron chi connectivity index (χ2n) is 4.43. The Morgan fingerprint density at radius 3 is 2.44 bits per heavy atom. The van der Waals surface area contributed by atoms with Crippen molar-refractivity contribution >= 4 is 5.69 Å². The Morgan fingerprint density at radius 2 is 1.89 bits per heavy atom. The Bertz CT molecular complexity index is 332. The molecule has 18 heavy (non-hydrogen) atoms. The molecule has 0 aliphatic carbocycles. The van der Waals surface area contributed by atoms with Crippen LogP contribution in [0.25, 0.3) is 0 Å². The Labute approximate surface area is 108 Å². The Kier molecular flexibility index (Phi) is 6.05. The molecule has 2 nitrogen and oxygen atoms in total. The van der Waals surface area contributed by atoms with Crippen LogP contribution in [0.4, 0.5) is 14.5 Å². The molecule has 102 valence electrons. The van der Waals surface area contributed by atoms with E-state index in [1.165, 1.54) is 6.92 Å². The minimum atomic E-state index is -2.35. The van der Waals surface area contributed by atoms with Crippen molar-refractivity contribution in [3.05, 3.63) is 29.8 Å². The fourth-order valence-electron chi connectivity index (χ4n) is 1.79. The average Bonchev–Trinajstić information content (AvgIpc) is 2.36. The van der Waals surface area contributed by atoms with Crippen molar-refractivity contribution in [3.8, 4) is 0 Å². The quantitative estimate of drug-likeness (QED) is 0.802. The standard InChI is InChI=1S/C14H22F2N2/c1-4-18(5-2)10-12-7-6-8-13(9-12)17-11(3)14(15)16/h6-9,11,14,17H,4-5,10H2,1-3H3. The molecule has 0 saturated heterocycles. The first-order valence-electron chi connectivity index (χ1n) is 6.42. The highest BCUT2D eigenvalue weighted by molar-refractivity contribution is 5.46. The maximum atomic E-state index is 12.5. The van der Waals surface area contributed by atoms with E-state index in [4.69, 9.17) is 0 Å². The van der Waals surface area contributed by atoms with E-state index in [-0.39, 0.29) is 0 Å². The van der Waals surface area contributed by atoms with Crippen molar-refractivity contribution < 1.29 is 8.78 Å². The minimum absolute atomic E-state index is 0.757. The molecule has 0 radical (unpaired) electrons. The van der Waals surface area contributed by atoms with Crippen LogP contribution in [0, 0.1) is 0 Å². The Hall–Kier alpha value is -1.16. The molecular formula is C14H22F2N2. The molecule has 0 bridgehead atoms. The molecule has 1 aromatic carbocycles. The summed E-state index contributed by atoms with van der Waals surface area (Å²) in [6, 6.07) is 6.87. The lowest BCUT2D eigenvalue weighted by atomic mass is 10.1. The van der Waals surface area contributed by atoms with Crippen LogP contribution in [0.3, 0.4) is 0 Å². The lowest BCUT2D eigenvalue weighted by Gasteiger charge is -2.19. The number of benzene rings is 1. The number of nitrogens with zero attached hydrogens (tertiary/aromatic N) is 1. The molecule has 0 heterocycles. The number of hydrogen-bond acceptors (Lipinski definition) is 2. The fraction of sp³-hybridized carbons (Fsp3) is 0.571. The van der Waals surface area contributed by atoms with E-state index in [2.05, 4.69) is 24.1 Å². The van der Waals surface area contributed by atoms with Crippen molar-refractivity contribution in [2.75, 3.05) is 18.4 Å². The minimum Gasteiger partial charge on any atom is -0.377 e. The molecule has 0 amide bonds. The first kappa shape index (κ1) is 14.9. The van der Waals surface area contributed by atoms with Crippen molar-refractivity contribution in [2.45, 2.75) is 39.8 Å². The van der Waals surface area contributed by atoms with Gasteiger partial charge in [0.05, 0.1) is 6.04 Å². The van der Waals surface area contributed by atoms with Gasteiger partial charge in [0.1, 0.15) is 0 Å². The maximum absolute atomic E-state index is 12.5. The van der Waals surface area contributed by atoms with Crippen LogP contribution in [0.15, 0.2) is 24.3 Å². The van der Waals surface area contributed by atoms with Gasteiger partial charge in [-0.1, -0.05) is 26.0 Å². The van der Waals surface area contributed by atoms with Crippen LogP contribution in [0.5, 0.6) is 0 Å². The molecule has 0 aromatic heterocycles. The van der Waals surface area contributed by atoms with Crippen LogP contribution >= 0.6 is 0 Å². The number of halogens is 2. The molecule has 1 aromatic rings. The van der Waals surface area contributed by atoms with Crippen LogP contribution in [0.2, 0.25) is 0 Å². The molecule has 1 atom stereocenters. The van der Waals surface area contributed by atoms with Gasteiger partial charge in [-0.3, -0.25) is 4.90 Å². The molecule has 1 N–H and O–H groups in total. The van der Waals surface area contributed by atoms with Crippen molar-refractivity contribution in [3.63, 3.8) is 0 Å². The van der Waals surface area contributed by atoms with E-state index in [0.29, 0.717) is 0 Å². The third kappa shape index (κ3) is 4.61. The van der Waals surface area contributed by atoms with E-state index >= 15 is 0 Å². The van der Waals surface area contributed by atoms with Crippen LogP contribution in [0.1, 0.15) is 26.3 Å². The monoisotopic (exact) mass is 256 g/mol. The summed E-state index contributed by atoms with van der Waals surface area (Å²) in [7, 11) is 0. The molecule has 0 aliphatic heterocycles. The van der Waals surface area contributed by atoms with Gasteiger partial charge in [-0.15, -0.1) is 0 Å². The SMILES string of the molecule is CCN(CC)Cc1cccc(NC(C)C(F)F)c1. The topological polar surface area (TPSA) is 15.3 Å². The maximum Gasteiger partial charge on any atom is 0.258 e. The van der Waals surface area contributed by atoms with Gasteiger partial charge in [0.2, 0.25) is 0 Å². The van der Waals surface area contributed by atoms with E-state index in [0.717, 1.165) is 30.9 Å². The van der Waals surface area contributed by atoms with Crippen LogP contribution < -0.4 is 5.32 Å². The Balaban J connectivity index is 2.67. The molecule has 1 rings (SSSR count). The lowest BCUT2D eigenvalue weighted by molar-refractivity contribution is 0.130. The highest BCUT2D eigenvalue weighted by Crippen LogP contribution is 2.15. The van der Waals surface area contributed by atoms with Crippen molar-refractivity contribution in [1.29, 1.82) is 0 Å². The zero-order chi connectivity index (χ0) is 13.5. The van der Waals surface area contributed by atoms with Crippen molar-refractivity contribution in [1.82, 2.24) is 4.90 Å². The third-order valence-electron chi connectivity index (χ3n) is 3.00. The smallest absolute Gasteiger partial charge is 0.258 e. The largest absolute Gasteiger partial charge is 0.377 e. The fourth-order valence-corrected chi connectivity index (χ4v) is 1.79. The third-order valence-corrected chi connectivity index (χ3v) is 3.00. The second kappa shape index (κ2) is 7.31. The summed E-state index contributed by atoms with van der Waals surface area (Å²) < 4.78 is 24.9. The predicted molar refractivity (Wildman–Crippen MR) is 72.2 cm³/mol. The van der Waals surface area contributed by atoms with E-state index in [1.807, 2.05) is 24.3 Å². The second-order valence-corrected chi connectivity index (χ2v) is 4.43. The number of nitrogens with one attached hydrogen (secondary N) is 1. The molecule has 0 spiro atoms. The first-order chi connectivity index (χ1) is 8.56. The summed E-state index contributed by atoms with van der Waals surface area (Å²) in [6.07, 6.45) is -2.35. The van der Waals surface area contributed by atoms with Gasteiger partial charge in [-0.25, -0.2) is 8.78 Å². The molecule has 0 saturated carbocycles. The van der Waals surface area contributed by atoms with E-state index < -0.39 is 12.5 Å². The first-order valence-corrected chi connectivity index (χ1v) is 6.42. The predicted octanol–water partition coefficient (Wildman–Crippen LogP) is 3.59. The normalized spacial score (nSPS) is 13.1. The van der Waals surface area contributed by atoms with Gasteiger partial charge in [0, 0.05) is 12.2 Å². The van der Waals surface area contributed by atoms with Gasteiger partial charge in [-0.05, 0) is 37.7 Å². The van der Waals surface area contributed by atoms with Gasteiger partial charge < -0.3 is 5.32 Å². The number of alkyl halides is 2. The van der Waals surface area contributed by atoms with E-state index in [1.54, 1.807) is 0 Å². The molecule has 0 fully saturated rings.